The van der Waals surface area contributed by atoms with E-state index >= 15 is 0 Å². The van der Waals surface area contributed by atoms with Gasteiger partial charge in [-0.05, 0) is 0 Å². The molecule has 0 saturated carbocycles. The van der Waals surface area contributed by atoms with E-state index in [0.29, 0.717) is 0 Å². The van der Waals surface area contributed by atoms with Gasteiger partial charge in [0.15, 0.2) is 5.56 Å². The van der Waals surface area contributed by atoms with Gasteiger partial charge in [0.1, 0.15) is 6.10 Å². The molecule has 1 heterocycles. The molecule has 1 fully saturated rings. The fourth-order valence-corrected chi connectivity index (χ4v) is 1.62. The molecule has 12 heavy (non-hydrogen) atoms. The maximum atomic E-state index is 9.42. The molecule has 1 aliphatic heterocycles. The van der Waals surface area contributed by atoms with E-state index in [2.05, 4.69) is 0 Å². The van der Waals surface area contributed by atoms with Crippen LogP contribution in [-0.2, 0) is 4.74 Å². The molecule has 3 N–H and O–H groups in total. The third kappa shape index (κ3) is 1.72. The van der Waals surface area contributed by atoms with Gasteiger partial charge in [-0.1, -0.05) is 18.5 Å². The van der Waals surface area contributed by atoms with E-state index in [0.717, 1.165) is 0 Å². The number of hydrogen-bond acceptors (Lipinski definition) is 4. The monoisotopic (exact) mass is 196 g/mol. The zero-order chi connectivity index (χ0) is 9.30. The predicted molar refractivity (Wildman–Crippen MR) is 42.8 cm³/mol. The Kier molecular flexibility index (Phi) is 3.31. The summed E-state index contributed by atoms with van der Waals surface area (Å²) in [7, 11) is 0. The molecular formula is C7H13ClO4. The number of alkyl halides is 1. The average molecular weight is 197 g/mol. The zero-order valence-corrected chi connectivity index (χ0v) is 7.48. The van der Waals surface area contributed by atoms with E-state index in [9.17, 15) is 10.2 Å². The Bertz CT molecular complexity index is 150. The van der Waals surface area contributed by atoms with Gasteiger partial charge in [0.05, 0.1) is 18.8 Å². The van der Waals surface area contributed by atoms with Gasteiger partial charge in [-0.3, -0.25) is 0 Å². The number of rotatable bonds is 1. The summed E-state index contributed by atoms with van der Waals surface area (Å²) in [5, 5.41) is 27.5. The van der Waals surface area contributed by atoms with Crippen LogP contribution in [0.5, 0.6) is 0 Å². The van der Waals surface area contributed by atoms with Gasteiger partial charge in [-0.25, -0.2) is 0 Å². The smallest absolute Gasteiger partial charge is 0.157 e. The van der Waals surface area contributed by atoms with Gasteiger partial charge >= 0.3 is 0 Å². The molecule has 1 aliphatic rings. The van der Waals surface area contributed by atoms with E-state index in [4.69, 9.17) is 21.4 Å². The van der Waals surface area contributed by atoms with Crippen molar-refractivity contribution in [2.75, 3.05) is 6.61 Å². The summed E-state index contributed by atoms with van der Waals surface area (Å²) >= 11 is 5.61. The van der Waals surface area contributed by atoms with Crippen LogP contribution in [0.15, 0.2) is 0 Å². The second-order valence-corrected chi connectivity index (χ2v) is 3.48. The molecule has 1 saturated heterocycles. The summed E-state index contributed by atoms with van der Waals surface area (Å²) in [6, 6.07) is 0. The van der Waals surface area contributed by atoms with Crippen LogP contribution in [0.3, 0.4) is 0 Å². The fraction of sp³-hybridized carbons (Fsp3) is 1.00. The third-order valence-electron chi connectivity index (χ3n) is 2.21. The summed E-state index contributed by atoms with van der Waals surface area (Å²) in [6.45, 7) is 1.37. The highest BCUT2D eigenvalue weighted by Gasteiger charge is 2.40. The molecule has 0 bridgehead atoms. The highest BCUT2D eigenvalue weighted by atomic mass is 35.5. The van der Waals surface area contributed by atoms with Crippen LogP contribution in [0.2, 0.25) is 0 Å². The molecule has 5 heteroatoms. The van der Waals surface area contributed by atoms with Gasteiger partial charge in [0.25, 0.3) is 0 Å². The topological polar surface area (TPSA) is 69.9 Å². The van der Waals surface area contributed by atoms with Gasteiger partial charge in [0, 0.05) is 5.92 Å². The summed E-state index contributed by atoms with van der Waals surface area (Å²) in [6.07, 6.45) is -2.43. The van der Waals surface area contributed by atoms with Crippen molar-refractivity contribution in [2.24, 2.45) is 5.92 Å². The van der Waals surface area contributed by atoms with E-state index < -0.39 is 23.9 Å². The molecule has 5 atom stereocenters. The molecule has 0 aromatic rings. The second-order valence-electron chi connectivity index (χ2n) is 3.05. The molecule has 72 valence electrons. The van der Waals surface area contributed by atoms with Crippen molar-refractivity contribution >= 4 is 11.6 Å². The van der Waals surface area contributed by atoms with Gasteiger partial charge < -0.3 is 20.1 Å². The summed E-state index contributed by atoms with van der Waals surface area (Å²) in [5.41, 5.74) is -0.847. The average Bonchev–Trinajstić information content (AvgIpc) is 2.08. The van der Waals surface area contributed by atoms with Crippen LogP contribution in [0.1, 0.15) is 6.92 Å². The van der Waals surface area contributed by atoms with Crippen molar-refractivity contribution in [1.29, 1.82) is 0 Å². The van der Waals surface area contributed by atoms with E-state index in [1.54, 1.807) is 6.92 Å². The summed E-state index contributed by atoms with van der Waals surface area (Å²) < 4.78 is 4.95. The van der Waals surface area contributed by atoms with E-state index in [-0.39, 0.29) is 12.5 Å². The van der Waals surface area contributed by atoms with Crippen LogP contribution in [-0.4, -0.2) is 45.8 Å². The Morgan fingerprint density at radius 2 is 1.92 bits per heavy atom. The van der Waals surface area contributed by atoms with Crippen molar-refractivity contribution in [3.8, 4) is 0 Å². The van der Waals surface area contributed by atoms with E-state index in [1.165, 1.54) is 0 Å². The molecule has 0 amide bonds. The minimum absolute atomic E-state index is 0.290. The van der Waals surface area contributed by atoms with Crippen molar-refractivity contribution in [1.82, 2.24) is 0 Å². The first-order valence-corrected chi connectivity index (χ1v) is 4.28. The molecule has 4 nitrogen and oxygen atoms in total. The standard InChI is InChI=1S/C7H13ClO4/c1-3-5(10)4(2-9)12-7(8)6(3)11/h3-7,9-11H,2H2,1H3/t3?,4?,5-,6?,7-/m1/s1. The molecule has 0 aromatic carbocycles. The largest absolute Gasteiger partial charge is 0.394 e. The number of halogens is 1. The van der Waals surface area contributed by atoms with Crippen LogP contribution in [0.4, 0.5) is 0 Å². The first kappa shape index (κ1) is 10.2. The highest BCUT2D eigenvalue weighted by molar-refractivity contribution is 6.20. The van der Waals surface area contributed by atoms with Gasteiger partial charge in [-0.15, -0.1) is 0 Å². The van der Waals surface area contributed by atoms with Gasteiger partial charge in [-0.2, -0.15) is 0 Å². The maximum Gasteiger partial charge on any atom is 0.157 e. The quantitative estimate of drug-likeness (QED) is 0.485. The van der Waals surface area contributed by atoms with Gasteiger partial charge in [0.2, 0.25) is 0 Å². The van der Waals surface area contributed by atoms with Crippen molar-refractivity contribution in [2.45, 2.75) is 30.8 Å². The Morgan fingerprint density at radius 3 is 2.42 bits per heavy atom. The molecule has 0 aromatic heterocycles. The molecular weight excluding hydrogens is 184 g/mol. The lowest BCUT2D eigenvalue weighted by atomic mass is 9.92. The number of hydrogen-bond donors (Lipinski definition) is 3. The second kappa shape index (κ2) is 3.89. The van der Waals surface area contributed by atoms with Crippen LogP contribution < -0.4 is 0 Å². The SMILES string of the molecule is CC1C(O)[C@H](Cl)OC(CO)[C@@H]1O. The maximum absolute atomic E-state index is 9.42. The fourth-order valence-electron chi connectivity index (χ4n) is 1.26. The minimum atomic E-state index is -0.885. The predicted octanol–water partition coefficient (Wildman–Crippen LogP) is -0.700. The number of aliphatic hydroxyl groups excluding tert-OH is 3. The van der Waals surface area contributed by atoms with Crippen LogP contribution in [0.25, 0.3) is 0 Å². The lowest BCUT2D eigenvalue weighted by Crippen LogP contribution is -2.52. The first-order chi connectivity index (χ1) is 5.57. The van der Waals surface area contributed by atoms with Crippen molar-refractivity contribution < 1.29 is 20.1 Å². The van der Waals surface area contributed by atoms with E-state index in [1.807, 2.05) is 0 Å². The highest BCUT2D eigenvalue weighted by Crippen LogP contribution is 2.27. The number of ether oxygens (including phenoxy) is 1. The molecule has 1 rings (SSSR count). The normalized spacial score (nSPS) is 49.2. The Balaban J connectivity index is 2.63. The molecule has 3 unspecified atom stereocenters. The summed E-state index contributed by atoms with van der Waals surface area (Å²) in [5.74, 6) is -0.376. The van der Waals surface area contributed by atoms with Crippen LogP contribution >= 0.6 is 11.6 Å². The molecule has 0 aliphatic carbocycles. The van der Waals surface area contributed by atoms with Crippen LogP contribution in [0, 0.1) is 5.92 Å². The summed E-state index contributed by atoms with van der Waals surface area (Å²) in [4.78, 5) is 0. The Morgan fingerprint density at radius 1 is 1.33 bits per heavy atom. The lowest BCUT2D eigenvalue weighted by molar-refractivity contribution is -0.180. The number of aliphatic hydroxyl groups is 3. The minimum Gasteiger partial charge on any atom is -0.394 e. The van der Waals surface area contributed by atoms with Crippen molar-refractivity contribution in [3.63, 3.8) is 0 Å². The lowest BCUT2D eigenvalue weighted by Gasteiger charge is -2.38. The first-order valence-electron chi connectivity index (χ1n) is 3.84. The van der Waals surface area contributed by atoms with Crippen molar-refractivity contribution in [3.05, 3.63) is 0 Å². The Labute approximate surface area is 75.7 Å². The molecule has 0 radical (unpaired) electrons. The third-order valence-corrected chi connectivity index (χ3v) is 2.57. The Hall–Kier alpha value is 0.130. The zero-order valence-electron chi connectivity index (χ0n) is 6.72. The molecule has 0 spiro atoms.